The van der Waals surface area contributed by atoms with Gasteiger partial charge in [0.2, 0.25) is 0 Å². The predicted octanol–water partition coefficient (Wildman–Crippen LogP) is -0.250. The third-order valence-electron chi connectivity index (χ3n) is 0.427. The molecule has 0 aliphatic carbocycles. The second-order valence-electron chi connectivity index (χ2n) is 0.988. The number of hydrogen-bond acceptors (Lipinski definition) is 3. The minimum atomic E-state index is 0.664. The van der Waals surface area contributed by atoms with E-state index in [2.05, 4.69) is 21.1 Å². The van der Waals surface area contributed by atoms with Crippen molar-refractivity contribution in [3.05, 3.63) is 0 Å². The standard InChI is InChI=1S/C3H10N4/c1-4-3-6-7-5-2/h4H,3H2,1-2H3,(H,5,6). The van der Waals surface area contributed by atoms with Crippen molar-refractivity contribution >= 4 is 0 Å². The van der Waals surface area contributed by atoms with E-state index in [1.54, 1.807) is 7.05 Å². The molecule has 0 saturated carbocycles. The van der Waals surface area contributed by atoms with Crippen LogP contribution in [0.2, 0.25) is 0 Å². The van der Waals surface area contributed by atoms with Gasteiger partial charge < -0.3 is 5.32 Å². The van der Waals surface area contributed by atoms with Crippen LogP contribution in [0.4, 0.5) is 0 Å². The number of nitrogens with one attached hydrogen (secondary N) is 2. The summed E-state index contributed by atoms with van der Waals surface area (Å²) in [6.07, 6.45) is 0. The van der Waals surface area contributed by atoms with Crippen molar-refractivity contribution in [2.45, 2.75) is 0 Å². The van der Waals surface area contributed by atoms with Crippen LogP contribution < -0.4 is 10.7 Å². The lowest BCUT2D eigenvalue weighted by atomic mass is 11.1. The average molecular weight is 102 g/mol. The third kappa shape index (κ3) is 5.36. The zero-order valence-electron chi connectivity index (χ0n) is 4.60. The van der Waals surface area contributed by atoms with E-state index >= 15 is 0 Å². The maximum Gasteiger partial charge on any atom is 0.0838 e. The molecule has 0 atom stereocenters. The quantitative estimate of drug-likeness (QED) is 0.223. The molecule has 0 fully saturated rings. The molecule has 0 bridgehead atoms. The highest BCUT2D eigenvalue weighted by atomic mass is 15.4. The van der Waals surface area contributed by atoms with Gasteiger partial charge in [-0.2, -0.15) is 5.11 Å². The van der Waals surface area contributed by atoms with Gasteiger partial charge in [0, 0.05) is 0 Å². The van der Waals surface area contributed by atoms with Crippen molar-refractivity contribution in [3.8, 4) is 0 Å². The fourth-order valence-corrected chi connectivity index (χ4v) is 0.185. The molecule has 7 heavy (non-hydrogen) atoms. The summed E-state index contributed by atoms with van der Waals surface area (Å²) in [4.78, 5) is 0. The molecule has 2 N–H and O–H groups in total. The molecular weight excluding hydrogens is 92.1 g/mol. The molecular formula is C3H10N4. The van der Waals surface area contributed by atoms with Crippen LogP contribution in [0.25, 0.3) is 0 Å². The highest BCUT2D eigenvalue weighted by molar-refractivity contribution is 4.23. The Labute approximate surface area is 43.0 Å². The molecule has 0 aromatic carbocycles. The topological polar surface area (TPSA) is 48.8 Å². The van der Waals surface area contributed by atoms with Crippen LogP contribution >= 0.6 is 0 Å². The van der Waals surface area contributed by atoms with E-state index in [4.69, 9.17) is 0 Å². The minimum Gasteiger partial charge on any atom is -0.302 e. The van der Waals surface area contributed by atoms with Crippen LogP contribution in [0, 0.1) is 0 Å². The van der Waals surface area contributed by atoms with Crippen molar-refractivity contribution in [3.63, 3.8) is 0 Å². The lowest BCUT2D eigenvalue weighted by Gasteiger charge is -1.91. The smallest absolute Gasteiger partial charge is 0.0838 e. The molecule has 0 aliphatic rings. The van der Waals surface area contributed by atoms with Gasteiger partial charge in [0.05, 0.1) is 13.7 Å². The van der Waals surface area contributed by atoms with E-state index in [9.17, 15) is 0 Å². The maximum atomic E-state index is 3.47. The number of nitrogens with zero attached hydrogens (tertiary/aromatic N) is 2. The third-order valence-corrected chi connectivity index (χ3v) is 0.427. The van der Waals surface area contributed by atoms with Crippen molar-refractivity contribution in [2.75, 3.05) is 20.8 Å². The van der Waals surface area contributed by atoms with E-state index in [-0.39, 0.29) is 0 Å². The highest BCUT2D eigenvalue weighted by Crippen LogP contribution is 1.55. The molecule has 0 unspecified atom stereocenters. The molecule has 0 heterocycles. The largest absolute Gasteiger partial charge is 0.302 e. The Bertz CT molecular complexity index is 50.9. The molecule has 0 aromatic rings. The van der Waals surface area contributed by atoms with Gasteiger partial charge >= 0.3 is 0 Å². The van der Waals surface area contributed by atoms with E-state index in [1.165, 1.54) is 0 Å². The highest BCUT2D eigenvalue weighted by Gasteiger charge is 1.66. The molecule has 4 heteroatoms. The second kappa shape index (κ2) is 5.36. The molecule has 42 valence electrons. The van der Waals surface area contributed by atoms with Gasteiger partial charge in [-0.15, -0.1) is 0 Å². The number of hydrogen-bond donors (Lipinski definition) is 2. The summed E-state index contributed by atoms with van der Waals surface area (Å²) in [6, 6.07) is 0. The molecule has 0 rings (SSSR count). The van der Waals surface area contributed by atoms with Crippen LogP contribution in [0.15, 0.2) is 10.3 Å². The summed E-state index contributed by atoms with van der Waals surface area (Å²) in [6.45, 7) is 0.664. The van der Waals surface area contributed by atoms with Crippen LogP contribution in [-0.2, 0) is 0 Å². The average Bonchev–Trinajstić information content (AvgIpc) is 1.69. The first kappa shape index (κ1) is 6.36. The van der Waals surface area contributed by atoms with Crippen LogP contribution in [0.1, 0.15) is 0 Å². The summed E-state index contributed by atoms with van der Waals surface area (Å²) >= 11 is 0. The van der Waals surface area contributed by atoms with Crippen LogP contribution in [-0.4, -0.2) is 20.8 Å². The maximum absolute atomic E-state index is 3.47. The molecule has 0 spiro atoms. The Morgan fingerprint density at radius 2 is 2.29 bits per heavy atom. The second-order valence-corrected chi connectivity index (χ2v) is 0.988. The zero-order valence-corrected chi connectivity index (χ0v) is 4.60. The molecule has 0 saturated heterocycles. The first-order valence-corrected chi connectivity index (χ1v) is 2.08. The molecule has 0 aromatic heterocycles. The Hall–Kier alpha value is -0.640. The fourth-order valence-electron chi connectivity index (χ4n) is 0.185. The zero-order chi connectivity index (χ0) is 5.54. The Kier molecular flexibility index (Phi) is 4.87. The van der Waals surface area contributed by atoms with E-state index in [0.717, 1.165) is 0 Å². The van der Waals surface area contributed by atoms with E-state index in [0.29, 0.717) is 6.67 Å². The van der Waals surface area contributed by atoms with Gasteiger partial charge in [-0.1, -0.05) is 5.22 Å². The molecule has 4 nitrogen and oxygen atoms in total. The molecule has 0 radical (unpaired) electrons. The van der Waals surface area contributed by atoms with Gasteiger partial charge in [-0.3, -0.25) is 5.43 Å². The van der Waals surface area contributed by atoms with Crippen molar-refractivity contribution in [1.29, 1.82) is 0 Å². The molecule has 0 amide bonds. The number of rotatable bonds is 3. The van der Waals surface area contributed by atoms with Gasteiger partial charge in [-0.25, -0.2) is 0 Å². The fraction of sp³-hybridized carbons (Fsp3) is 1.00. The minimum absolute atomic E-state index is 0.664. The van der Waals surface area contributed by atoms with Gasteiger partial charge in [0.1, 0.15) is 0 Å². The van der Waals surface area contributed by atoms with E-state index < -0.39 is 0 Å². The Morgan fingerprint density at radius 1 is 1.57 bits per heavy atom. The predicted molar refractivity (Wildman–Crippen MR) is 27.8 cm³/mol. The lowest BCUT2D eigenvalue weighted by molar-refractivity contribution is 0.631. The normalized spacial score (nSPS) is 10.0. The van der Waals surface area contributed by atoms with Crippen LogP contribution in [0.3, 0.4) is 0 Å². The van der Waals surface area contributed by atoms with Crippen LogP contribution in [0.5, 0.6) is 0 Å². The van der Waals surface area contributed by atoms with Crippen molar-refractivity contribution < 1.29 is 0 Å². The molecule has 0 aliphatic heterocycles. The lowest BCUT2D eigenvalue weighted by Crippen LogP contribution is -2.20. The summed E-state index contributed by atoms with van der Waals surface area (Å²) < 4.78 is 0. The summed E-state index contributed by atoms with van der Waals surface area (Å²) in [7, 11) is 3.45. The van der Waals surface area contributed by atoms with Gasteiger partial charge in [0.15, 0.2) is 0 Å². The summed E-state index contributed by atoms with van der Waals surface area (Å²) in [5.74, 6) is 0. The summed E-state index contributed by atoms with van der Waals surface area (Å²) in [5.41, 5.74) is 2.63. The Balaban J connectivity index is 2.69. The Morgan fingerprint density at radius 3 is 2.71 bits per heavy atom. The van der Waals surface area contributed by atoms with E-state index in [1.807, 2.05) is 7.05 Å². The van der Waals surface area contributed by atoms with Gasteiger partial charge in [-0.05, 0) is 7.05 Å². The van der Waals surface area contributed by atoms with Crippen molar-refractivity contribution in [1.82, 2.24) is 10.7 Å². The first-order chi connectivity index (χ1) is 3.41. The summed E-state index contributed by atoms with van der Waals surface area (Å²) in [5, 5.41) is 9.76. The van der Waals surface area contributed by atoms with Crippen molar-refractivity contribution in [2.24, 2.45) is 10.3 Å². The van der Waals surface area contributed by atoms with Gasteiger partial charge in [0.25, 0.3) is 0 Å². The first-order valence-electron chi connectivity index (χ1n) is 2.08. The monoisotopic (exact) mass is 102 g/mol. The SMILES string of the molecule is C/N=N\NCNC.